The van der Waals surface area contributed by atoms with Crippen molar-refractivity contribution < 1.29 is 8.42 Å². The number of H-pyrrole nitrogens is 1. The molecular weight excluding hydrogens is 482 g/mol. The fourth-order valence-electron chi connectivity index (χ4n) is 4.16. The quantitative estimate of drug-likeness (QED) is 0.559. The summed E-state index contributed by atoms with van der Waals surface area (Å²) in [5.74, 6) is 2.48. The van der Waals surface area contributed by atoms with E-state index in [1.165, 1.54) is 24.8 Å². The second kappa shape index (κ2) is 8.23. The van der Waals surface area contributed by atoms with E-state index >= 15 is 0 Å². The number of piperidine rings is 1. The highest BCUT2D eigenvalue weighted by molar-refractivity contribution is 9.10. The van der Waals surface area contributed by atoms with Crippen LogP contribution < -0.4 is 15.2 Å². The van der Waals surface area contributed by atoms with Gasteiger partial charge in [-0.15, -0.1) is 0 Å². The summed E-state index contributed by atoms with van der Waals surface area (Å²) in [5.41, 5.74) is 0.385. The van der Waals surface area contributed by atoms with E-state index in [0.29, 0.717) is 33.3 Å². The Balaban J connectivity index is 1.60. The molecule has 0 spiro atoms. The van der Waals surface area contributed by atoms with E-state index in [1.807, 2.05) is 6.07 Å². The van der Waals surface area contributed by atoms with Crippen LogP contribution in [-0.4, -0.2) is 36.5 Å². The first-order chi connectivity index (χ1) is 14.6. The van der Waals surface area contributed by atoms with Gasteiger partial charge in [0, 0.05) is 17.6 Å². The highest BCUT2D eigenvalue weighted by atomic mass is 79.9. The number of rotatable bonds is 4. The standard InChI is InChI=1S/C21H24BrN5O3S/c1-12-6-13(2)11-27(10-12)20-5-4-15(9-23-20)26-31(29,30)19-7-16-18(8-17(19)22)24-14(3)25-21(16)28/h4-5,7-9,12-13,26H,6,10-11H2,1-3H3,(H,24,25,28)/t12-,13-/m1/s1. The maximum Gasteiger partial charge on any atom is 0.263 e. The SMILES string of the molecule is Cc1nc2cc(Br)c(S(=O)(=O)Nc3ccc(N4C[C@H](C)C[C@@H](C)C4)nc3)cc2c(=O)[nH]1. The lowest BCUT2D eigenvalue weighted by molar-refractivity contribution is 0.355. The molecule has 0 amide bonds. The Bertz CT molecular complexity index is 1280. The number of anilines is 2. The molecule has 2 N–H and O–H groups in total. The van der Waals surface area contributed by atoms with Gasteiger partial charge in [0.15, 0.2) is 0 Å². The third kappa shape index (κ3) is 4.59. The van der Waals surface area contributed by atoms with Crippen molar-refractivity contribution in [3.63, 3.8) is 0 Å². The van der Waals surface area contributed by atoms with Crippen molar-refractivity contribution in [3.05, 3.63) is 51.1 Å². The second-order valence-corrected chi connectivity index (χ2v) is 10.8. The third-order valence-corrected chi connectivity index (χ3v) is 7.70. The molecule has 8 nitrogen and oxygen atoms in total. The molecule has 4 rings (SSSR count). The molecule has 1 saturated heterocycles. The minimum atomic E-state index is -3.95. The summed E-state index contributed by atoms with van der Waals surface area (Å²) in [6.07, 6.45) is 2.72. The number of pyridine rings is 1. The maximum atomic E-state index is 13.0. The average Bonchev–Trinajstić information content (AvgIpc) is 2.66. The normalized spacial score (nSPS) is 19.5. The number of halogens is 1. The van der Waals surface area contributed by atoms with Crippen LogP contribution in [0.3, 0.4) is 0 Å². The van der Waals surface area contributed by atoms with Crippen molar-refractivity contribution in [1.82, 2.24) is 15.0 Å². The number of aromatic amines is 1. The van der Waals surface area contributed by atoms with Crippen LogP contribution >= 0.6 is 15.9 Å². The molecule has 1 aliphatic rings. The lowest BCUT2D eigenvalue weighted by atomic mass is 9.92. The van der Waals surface area contributed by atoms with Crippen LogP contribution in [0.2, 0.25) is 0 Å². The minimum Gasteiger partial charge on any atom is -0.356 e. The van der Waals surface area contributed by atoms with E-state index < -0.39 is 10.0 Å². The molecule has 1 fully saturated rings. The lowest BCUT2D eigenvalue weighted by Gasteiger charge is -2.35. The highest BCUT2D eigenvalue weighted by Crippen LogP contribution is 2.29. The molecule has 164 valence electrons. The first-order valence-corrected chi connectivity index (χ1v) is 12.3. The van der Waals surface area contributed by atoms with E-state index in [-0.39, 0.29) is 15.8 Å². The van der Waals surface area contributed by atoms with Crippen LogP contribution in [0.15, 0.2) is 44.6 Å². The van der Waals surface area contributed by atoms with Crippen LogP contribution in [0.1, 0.15) is 26.1 Å². The number of aryl methyl sites for hydroxylation is 1. The highest BCUT2D eigenvalue weighted by Gasteiger charge is 2.23. The molecule has 1 aliphatic heterocycles. The minimum absolute atomic E-state index is 0.0427. The molecule has 0 unspecified atom stereocenters. The summed E-state index contributed by atoms with van der Waals surface area (Å²) >= 11 is 3.30. The largest absolute Gasteiger partial charge is 0.356 e. The summed E-state index contributed by atoms with van der Waals surface area (Å²) in [5, 5.41) is 0.205. The van der Waals surface area contributed by atoms with E-state index in [0.717, 1.165) is 18.9 Å². The van der Waals surface area contributed by atoms with Crippen molar-refractivity contribution >= 4 is 48.4 Å². The Morgan fingerprint density at radius 3 is 2.55 bits per heavy atom. The zero-order valence-corrected chi connectivity index (χ0v) is 19.9. The van der Waals surface area contributed by atoms with Gasteiger partial charge in [-0.3, -0.25) is 9.52 Å². The van der Waals surface area contributed by atoms with Crippen molar-refractivity contribution in [2.75, 3.05) is 22.7 Å². The first kappa shape index (κ1) is 21.8. The maximum absolute atomic E-state index is 13.0. The van der Waals surface area contributed by atoms with Gasteiger partial charge in [-0.05, 0) is 65.4 Å². The summed E-state index contributed by atoms with van der Waals surface area (Å²) in [4.78, 5) is 25.7. The number of hydrogen-bond acceptors (Lipinski definition) is 6. The molecule has 1 aromatic carbocycles. The van der Waals surface area contributed by atoms with Gasteiger partial charge in [-0.2, -0.15) is 0 Å². The topological polar surface area (TPSA) is 108 Å². The second-order valence-electron chi connectivity index (χ2n) is 8.31. The van der Waals surface area contributed by atoms with Crippen molar-refractivity contribution in [3.8, 4) is 0 Å². The molecule has 0 aliphatic carbocycles. The fourth-order valence-corrected chi connectivity index (χ4v) is 6.26. The first-order valence-electron chi connectivity index (χ1n) is 10.1. The van der Waals surface area contributed by atoms with Crippen molar-refractivity contribution in [2.45, 2.75) is 32.1 Å². The Morgan fingerprint density at radius 2 is 1.90 bits per heavy atom. The molecule has 0 saturated carbocycles. The van der Waals surface area contributed by atoms with Crippen molar-refractivity contribution in [2.24, 2.45) is 11.8 Å². The van der Waals surface area contributed by atoms with Crippen LogP contribution in [0.5, 0.6) is 0 Å². The Labute approximate surface area is 189 Å². The van der Waals surface area contributed by atoms with Gasteiger partial charge in [-0.25, -0.2) is 18.4 Å². The third-order valence-electron chi connectivity index (χ3n) is 5.36. The molecule has 0 bridgehead atoms. The average molecular weight is 506 g/mol. The molecule has 3 aromatic rings. The van der Waals surface area contributed by atoms with E-state index in [1.54, 1.807) is 13.0 Å². The molecule has 10 heteroatoms. The Hall–Kier alpha value is -2.46. The van der Waals surface area contributed by atoms with Gasteiger partial charge in [0.2, 0.25) is 0 Å². The van der Waals surface area contributed by atoms with Gasteiger partial charge in [0.25, 0.3) is 15.6 Å². The lowest BCUT2D eigenvalue weighted by Crippen LogP contribution is -2.39. The van der Waals surface area contributed by atoms with Crippen LogP contribution in [0.4, 0.5) is 11.5 Å². The molecule has 2 atom stereocenters. The molecule has 31 heavy (non-hydrogen) atoms. The summed E-state index contributed by atoms with van der Waals surface area (Å²) in [6, 6.07) is 6.39. The number of nitrogens with zero attached hydrogens (tertiary/aromatic N) is 3. The molecule has 3 heterocycles. The number of benzene rings is 1. The van der Waals surface area contributed by atoms with E-state index in [9.17, 15) is 13.2 Å². The molecular formula is C21H24BrN5O3S. The predicted molar refractivity (Wildman–Crippen MR) is 125 cm³/mol. The van der Waals surface area contributed by atoms with Crippen LogP contribution in [0, 0.1) is 18.8 Å². The van der Waals surface area contributed by atoms with Crippen LogP contribution in [-0.2, 0) is 10.0 Å². The van der Waals surface area contributed by atoms with Gasteiger partial charge in [-0.1, -0.05) is 13.8 Å². The van der Waals surface area contributed by atoms with Gasteiger partial charge >= 0.3 is 0 Å². The Kier molecular flexibility index (Phi) is 5.78. The van der Waals surface area contributed by atoms with Gasteiger partial charge < -0.3 is 9.88 Å². The number of sulfonamides is 1. The summed E-state index contributed by atoms with van der Waals surface area (Å²) in [6.45, 7) is 8.01. The molecule has 0 radical (unpaired) electrons. The summed E-state index contributed by atoms with van der Waals surface area (Å²) in [7, 11) is -3.95. The van der Waals surface area contributed by atoms with Gasteiger partial charge in [0.1, 0.15) is 16.5 Å². The predicted octanol–water partition coefficient (Wildman–Crippen LogP) is 3.67. The monoisotopic (exact) mass is 505 g/mol. The number of nitrogens with one attached hydrogen (secondary N) is 2. The van der Waals surface area contributed by atoms with E-state index in [4.69, 9.17) is 0 Å². The summed E-state index contributed by atoms with van der Waals surface area (Å²) < 4.78 is 28.9. The smallest absolute Gasteiger partial charge is 0.263 e. The van der Waals surface area contributed by atoms with E-state index in [2.05, 4.69) is 54.4 Å². The number of fused-ring (bicyclic) bond motifs is 1. The Morgan fingerprint density at radius 1 is 1.19 bits per heavy atom. The zero-order valence-electron chi connectivity index (χ0n) is 17.5. The van der Waals surface area contributed by atoms with Gasteiger partial charge in [0.05, 0.1) is 22.8 Å². The number of aromatic nitrogens is 3. The van der Waals surface area contributed by atoms with Crippen molar-refractivity contribution in [1.29, 1.82) is 0 Å². The molecule has 2 aromatic heterocycles. The van der Waals surface area contributed by atoms with Crippen LogP contribution in [0.25, 0.3) is 10.9 Å². The number of hydrogen-bond donors (Lipinski definition) is 2. The zero-order chi connectivity index (χ0) is 22.3. The fraction of sp³-hybridized carbons (Fsp3) is 0.381.